The Bertz CT molecular complexity index is 746. The van der Waals surface area contributed by atoms with Gasteiger partial charge in [-0.3, -0.25) is 4.98 Å². The summed E-state index contributed by atoms with van der Waals surface area (Å²) in [5, 5.41) is 1.12. The fourth-order valence-corrected chi connectivity index (χ4v) is 2.30. The van der Waals surface area contributed by atoms with Gasteiger partial charge in [-0.05, 0) is 25.1 Å². The van der Waals surface area contributed by atoms with Crippen LogP contribution < -0.4 is 10.5 Å². The van der Waals surface area contributed by atoms with E-state index in [2.05, 4.69) is 35.1 Å². The molecule has 96 valence electrons. The SMILES string of the molecule is COc1c(N)ccnc1-c1c[nH]c2ccc(C)cc12. The van der Waals surface area contributed by atoms with Crippen LogP contribution in [0.1, 0.15) is 5.56 Å². The molecule has 0 radical (unpaired) electrons. The Morgan fingerprint density at radius 1 is 1.26 bits per heavy atom. The Balaban J connectivity index is 2.30. The molecule has 0 amide bonds. The minimum atomic E-state index is 0.592. The van der Waals surface area contributed by atoms with E-state index in [4.69, 9.17) is 10.5 Å². The normalized spacial score (nSPS) is 10.8. The number of anilines is 1. The summed E-state index contributed by atoms with van der Waals surface area (Å²) in [4.78, 5) is 7.66. The number of nitrogens with zero attached hydrogens (tertiary/aromatic N) is 1. The van der Waals surface area contributed by atoms with Gasteiger partial charge in [0.15, 0.2) is 5.75 Å². The smallest absolute Gasteiger partial charge is 0.168 e. The average molecular weight is 253 g/mol. The Hall–Kier alpha value is -2.49. The number of aromatic amines is 1. The number of benzene rings is 1. The lowest BCUT2D eigenvalue weighted by atomic mass is 10.1. The molecule has 0 atom stereocenters. The van der Waals surface area contributed by atoms with E-state index >= 15 is 0 Å². The lowest BCUT2D eigenvalue weighted by Gasteiger charge is -2.09. The number of aromatic nitrogens is 2. The zero-order chi connectivity index (χ0) is 13.4. The number of aryl methyl sites for hydroxylation is 1. The molecule has 0 bridgehead atoms. The van der Waals surface area contributed by atoms with E-state index in [1.165, 1.54) is 5.56 Å². The van der Waals surface area contributed by atoms with Gasteiger partial charge in [0, 0.05) is 28.9 Å². The fourth-order valence-electron chi connectivity index (χ4n) is 2.30. The summed E-state index contributed by atoms with van der Waals surface area (Å²) in [7, 11) is 1.61. The zero-order valence-electron chi connectivity index (χ0n) is 10.9. The molecule has 0 spiro atoms. The standard InChI is InChI=1S/C15H15N3O/c1-9-3-4-13-10(7-9)11(8-18-13)14-15(19-2)12(16)5-6-17-14/h3-8,18H,1-2H3,(H2,16,17). The predicted octanol–water partition coefficient (Wildman–Crippen LogP) is 3.13. The van der Waals surface area contributed by atoms with Crippen molar-refractivity contribution in [1.82, 2.24) is 9.97 Å². The number of H-pyrrole nitrogens is 1. The Morgan fingerprint density at radius 3 is 2.89 bits per heavy atom. The lowest BCUT2D eigenvalue weighted by Crippen LogP contribution is -1.96. The molecule has 3 N–H and O–H groups in total. The maximum atomic E-state index is 5.94. The van der Waals surface area contributed by atoms with Crippen LogP contribution in [0.3, 0.4) is 0 Å². The van der Waals surface area contributed by atoms with E-state index in [-0.39, 0.29) is 0 Å². The number of nitrogens with two attached hydrogens (primary N) is 1. The van der Waals surface area contributed by atoms with Crippen LogP contribution in [-0.4, -0.2) is 17.1 Å². The molecule has 3 rings (SSSR count). The molecule has 0 saturated carbocycles. The largest absolute Gasteiger partial charge is 0.492 e. The molecular weight excluding hydrogens is 238 g/mol. The topological polar surface area (TPSA) is 63.9 Å². The van der Waals surface area contributed by atoms with Gasteiger partial charge in [0.2, 0.25) is 0 Å². The molecule has 2 aromatic heterocycles. The van der Waals surface area contributed by atoms with Gasteiger partial charge in [0.1, 0.15) is 5.69 Å². The summed E-state index contributed by atoms with van der Waals surface area (Å²) >= 11 is 0. The van der Waals surface area contributed by atoms with Crippen LogP contribution in [0, 0.1) is 6.92 Å². The molecule has 0 aliphatic heterocycles. The first-order valence-electron chi connectivity index (χ1n) is 6.07. The van der Waals surface area contributed by atoms with Crippen LogP contribution >= 0.6 is 0 Å². The van der Waals surface area contributed by atoms with Crippen LogP contribution in [0.15, 0.2) is 36.7 Å². The monoisotopic (exact) mass is 253 g/mol. The highest BCUT2D eigenvalue weighted by atomic mass is 16.5. The number of hydrogen-bond donors (Lipinski definition) is 2. The van der Waals surface area contributed by atoms with Crippen molar-refractivity contribution < 1.29 is 4.74 Å². The third-order valence-corrected chi connectivity index (χ3v) is 3.23. The molecule has 3 aromatic rings. The summed E-state index contributed by atoms with van der Waals surface area (Å²) in [6, 6.07) is 8.01. The number of hydrogen-bond acceptors (Lipinski definition) is 3. The Morgan fingerprint density at radius 2 is 2.11 bits per heavy atom. The van der Waals surface area contributed by atoms with Gasteiger partial charge in [-0.15, -0.1) is 0 Å². The summed E-state index contributed by atoms with van der Waals surface area (Å²) < 4.78 is 5.38. The van der Waals surface area contributed by atoms with Gasteiger partial charge in [-0.25, -0.2) is 0 Å². The van der Waals surface area contributed by atoms with Gasteiger partial charge in [-0.2, -0.15) is 0 Å². The van der Waals surface area contributed by atoms with Crippen molar-refractivity contribution in [2.45, 2.75) is 6.92 Å². The third kappa shape index (κ3) is 1.81. The van der Waals surface area contributed by atoms with Gasteiger partial charge in [0.25, 0.3) is 0 Å². The van der Waals surface area contributed by atoms with Crippen molar-refractivity contribution in [3.63, 3.8) is 0 Å². The summed E-state index contributed by atoms with van der Waals surface area (Å²) in [5.74, 6) is 0.616. The second kappa shape index (κ2) is 4.31. The summed E-state index contributed by atoms with van der Waals surface area (Å²) in [6.45, 7) is 2.07. The quantitative estimate of drug-likeness (QED) is 0.737. The van der Waals surface area contributed by atoms with E-state index in [9.17, 15) is 0 Å². The Labute approximate surface area is 111 Å². The van der Waals surface area contributed by atoms with Crippen molar-refractivity contribution in [2.24, 2.45) is 0 Å². The number of pyridine rings is 1. The van der Waals surface area contributed by atoms with Crippen molar-refractivity contribution in [3.8, 4) is 17.0 Å². The van der Waals surface area contributed by atoms with Crippen LogP contribution in [0.4, 0.5) is 5.69 Å². The maximum Gasteiger partial charge on any atom is 0.168 e. The molecule has 2 heterocycles. The van der Waals surface area contributed by atoms with E-state index in [0.29, 0.717) is 11.4 Å². The van der Waals surface area contributed by atoms with Crippen molar-refractivity contribution in [3.05, 3.63) is 42.2 Å². The number of methoxy groups -OCH3 is 1. The van der Waals surface area contributed by atoms with Gasteiger partial charge >= 0.3 is 0 Å². The van der Waals surface area contributed by atoms with Gasteiger partial charge < -0.3 is 15.5 Å². The van der Waals surface area contributed by atoms with E-state index in [1.807, 2.05) is 6.20 Å². The molecular formula is C15H15N3O. The van der Waals surface area contributed by atoms with Crippen molar-refractivity contribution in [1.29, 1.82) is 0 Å². The predicted molar refractivity (Wildman–Crippen MR) is 77.2 cm³/mol. The van der Waals surface area contributed by atoms with Crippen LogP contribution in [0.5, 0.6) is 5.75 Å². The third-order valence-electron chi connectivity index (χ3n) is 3.23. The highest BCUT2D eigenvalue weighted by Gasteiger charge is 2.14. The molecule has 0 aliphatic rings. The summed E-state index contributed by atoms with van der Waals surface area (Å²) in [6.07, 6.45) is 3.64. The molecule has 19 heavy (non-hydrogen) atoms. The molecule has 4 nitrogen and oxygen atoms in total. The number of fused-ring (bicyclic) bond motifs is 1. The van der Waals surface area contributed by atoms with Crippen molar-refractivity contribution in [2.75, 3.05) is 12.8 Å². The first kappa shape index (κ1) is 11.6. The van der Waals surface area contributed by atoms with Crippen LogP contribution in [0.2, 0.25) is 0 Å². The average Bonchev–Trinajstić information content (AvgIpc) is 2.81. The second-order valence-corrected chi connectivity index (χ2v) is 4.53. The number of nitrogens with one attached hydrogen (secondary N) is 1. The molecule has 4 heteroatoms. The Kier molecular flexibility index (Phi) is 2.63. The van der Waals surface area contributed by atoms with Crippen LogP contribution in [0.25, 0.3) is 22.2 Å². The highest BCUT2D eigenvalue weighted by molar-refractivity contribution is 5.97. The minimum Gasteiger partial charge on any atom is -0.492 e. The number of nitrogen functional groups attached to an aromatic ring is 1. The highest BCUT2D eigenvalue weighted by Crippen LogP contribution is 2.36. The van der Waals surface area contributed by atoms with E-state index in [0.717, 1.165) is 22.2 Å². The number of rotatable bonds is 2. The van der Waals surface area contributed by atoms with Gasteiger partial charge in [-0.1, -0.05) is 11.6 Å². The van der Waals surface area contributed by atoms with E-state index < -0.39 is 0 Å². The minimum absolute atomic E-state index is 0.592. The van der Waals surface area contributed by atoms with Crippen molar-refractivity contribution >= 4 is 16.6 Å². The zero-order valence-corrected chi connectivity index (χ0v) is 10.9. The van der Waals surface area contributed by atoms with E-state index in [1.54, 1.807) is 19.4 Å². The number of ether oxygens (including phenoxy) is 1. The lowest BCUT2D eigenvalue weighted by molar-refractivity contribution is 0.417. The molecule has 1 aromatic carbocycles. The summed E-state index contributed by atoms with van der Waals surface area (Å²) in [5.41, 5.74) is 10.6. The first-order valence-corrected chi connectivity index (χ1v) is 6.07. The first-order chi connectivity index (χ1) is 9.20. The second-order valence-electron chi connectivity index (χ2n) is 4.53. The molecule has 0 saturated heterocycles. The molecule has 0 fully saturated rings. The molecule has 0 unspecified atom stereocenters. The fraction of sp³-hybridized carbons (Fsp3) is 0.133. The van der Waals surface area contributed by atoms with Gasteiger partial charge in [0.05, 0.1) is 12.8 Å². The maximum absolute atomic E-state index is 5.94. The van der Waals surface area contributed by atoms with Crippen LogP contribution in [-0.2, 0) is 0 Å². The molecule has 0 aliphatic carbocycles.